The number of hydrogen-bond donors (Lipinski definition) is 2. The van der Waals surface area contributed by atoms with E-state index in [2.05, 4.69) is 11.9 Å². The number of carboxylic acid groups (broad SMARTS) is 2. The van der Waals surface area contributed by atoms with Crippen molar-refractivity contribution >= 4 is 18.3 Å². The molecule has 7 nitrogen and oxygen atoms in total. The summed E-state index contributed by atoms with van der Waals surface area (Å²) < 4.78 is 0. The van der Waals surface area contributed by atoms with E-state index in [1.54, 1.807) is 11.9 Å². The smallest absolute Gasteiger partial charge is 0.303 e. The maximum atomic E-state index is 11.6. The molecule has 21 heavy (non-hydrogen) atoms. The Balaban J connectivity index is 0.00000122. The number of rotatable bonds is 7. The van der Waals surface area contributed by atoms with Crippen LogP contribution in [0.2, 0.25) is 0 Å². The molecular formula is C14H26N2O5. The second-order valence-electron chi connectivity index (χ2n) is 5.23. The lowest BCUT2D eigenvalue weighted by Gasteiger charge is -2.26. The van der Waals surface area contributed by atoms with Gasteiger partial charge in [-0.1, -0.05) is 12.8 Å². The number of carbonyl (C=O) groups is 3. The van der Waals surface area contributed by atoms with Gasteiger partial charge >= 0.3 is 5.97 Å². The van der Waals surface area contributed by atoms with Gasteiger partial charge in [0.2, 0.25) is 5.91 Å². The van der Waals surface area contributed by atoms with Crippen LogP contribution in [-0.4, -0.2) is 71.6 Å². The van der Waals surface area contributed by atoms with Crippen molar-refractivity contribution < 1.29 is 24.6 Å². The van der Waals surface area contributed by atoms with Crippen LogP contribution >= 0.6 is 0 Å². The Kier molecular flexibility index (Phi) is 10.2. The normalized spacial score (nSPS) is 14.4. The quantitative estimate of drug-likeness (QED) is 0.678. The molecule has 2 N–H and O–H groups in total. The van der Waals surface area contributed by atoms with Crippen molar-refractivity contribution in [2.45, 2.75) is 44.6 Å². The van der Waals surface area contributed by atoms with Gasteiger partial charge in [-0.05, 0) is 19.9 Å². The molecule has 7 heteroatoms. The number of carbonyl (C=O) groups excluding carboxylic acids is 1. The van der Waals surface area contributed by atoms with E-state index in [0.29, 0.717) is 12.6 Å². The van der Waals surface area contributed by atoms with Gasteiger partial charge in [0.25, 0.3) is 6.47 Å². The average molecular weight is 302 g/mol. The van der Waals surface area contributed by atoms with E-state index in [1.165, 1.54) is 25.7 Å². The van der Waals surface area contributed by atoms with Gasteiger partial charge in [-0.25, -0.2) is 0 Å². The Morgan fingerprint density at radius 1 is 1.14 bits per heavy atom. The summed E-state index contributed by atoms with van der Waals surface area (Å²) in [7, 11) is 3.85. The minimum Gasteiger partial charge on any atom is -0.483 e. The monoisotopic (exact) mass is 302 g/mol. The molecule has 1 aliphatic carbocycles. The second-order valence-corrected chi connectivity index (χ2v) is 5.23. The molecular weight excluding hydrogens is 276 g/mol. The van der Waals surface area contributed by atoms with Crippen molar-refractivity contribution in [3.63, 3.8) is 0 Å². The molecule has 1 aliphatic rings. The summed E-state index contributed by atoms with van der Waals surface area (Å²) in [6, 6.07) is 0.660. The summed E-state index contributed by atoms with van der Waals surface area (Å²) in [5.74, 6) is -1.00. The third-order valence-electron chi connectivity index (χ3n) is 3.71. The molecule has 0 aromatic carbocycles. The zero-order chi connectivity index (χ0) is 16.3. The maximum Gasteiger partial charge on any atom is 0.303 e. The zero-order valence-electron chi connectivity index (χ0n) is 12.8. The third kappa shape index (κ3) is 9.01. The van der Waals surface area contributed by atoms with Crippen molar-refractivity contribution in [3.05, 3.63) is 0 Å². The SMILES string of the molecule is CN(CCN(C)C1CCCC1)C(=O)CCC(=O)O.O=CO. The topological polar surface area (TPSA) is 98.2 Å². The Hall–Kier alpha value is -1.63. The molecule has 1 rings (SSSR count). The minimum atomic E-state index is -0.917. The molecule has 0 bridgehead atoms. The molecule has 0 aromatic heterocycles. The third-order valence-corrected chi connectivity index (χ3v) is 3.71. The fourth-order valence-corrected chi connectivity index (χ4v) is 2.36. The summed E-state index contributed by atoms with van der Waals surface area (Å²) in [6.45, 7) is 1.28. The number of carboxylic acids is 1. The minimum absolute atomic E-state index is 0.0817. The number of nitrogens with zero attached hydrogens (tertiary/aromatic N) is 2. The van der Waals surface area contributed by atoms with Gasteiger partial charge in [0.15, 0.2) is 0 Å². The molecule has 0 atom stereocenters. The summed E-state index contributed by atoms with van der Waals surface area (Å²) in [5, 5.41) is 15.4. The lowest BCUT2D eigenvalue weighted by molar-refractivity contribution is -0.140. The van der Waals surface area contributed by atoms with Crippen LogP contribution in [-0.2, 0) is 14.4 Å². The molecule has 0 aliphatic heterocycles. The fraction of sp³-hybridized carbons (Fsp3) is 0.786. The number of aliphatic carboxylic acids is 1. The first kappa shape index (κ1) is 19.4. The van der Waals surface area contributed by atoms with Gasteiger partial charge in [-0.3, -0.25) is 14.4 Å². The highest BCUT2D eigenvalue weighted by atomic mass is 16.4. The number of hydrogen-bond acceptors (Lipinski definition) is 4. The standard InChI is InChI=1S/C13H24N2O3.CH2O2/c1-14(11-5-3-4-6-11)9-10-15(2)12(16)7-8-13(17)18;2-1-3/h11H,3-10H2,1-2H3,(H,17,18);1H,(H,2,3). The lowest BCUT2D eigenvalue weighted by atomic mass is 10.2. The van der Waals surface area contributed by atoms with Crippen LogP contribution in [0.3, 0.4) is 0 Å². The Morgan fingerprint density at radius 3 is 2.14 bits per heavy atom. The molecule has 0 aromatic rings. The first-order valence-electron chi connectivity index (χ1n) is 7.16. The predicted molar refractivity (Wildman–Crippen MR) is 78.1 cm³/mol. The summed E-state index contributed by atoms with van der Waals surface area (Å²) in [4.78, 5) is 34.3. The van der Waals surface area contributed by atoms with E-state index in [4.69, 9.17) is 15.0 Å². The highest BCUT2D eigenvalue weighted by Gasteiger charge is 2.20. The molecule has 0 unspecified atom stereocenters. The molecule has 1 fully saturated rings. The summed E-state index contributed by atoms with van der Waals surface area (Å²) >= 11 is 0. The molecule has 0 spiro atoms. The maximum absolute atomic E-state index is 11.6. The van der Waals surface area contributed by atoms with Gasteiger partial charge in [0.05, 0.1) is 6.42 Å². The van der Waals surface area contributed by atoms with Crippen LogP contribution in [0, 0.1) is 0 Å². The highest BCUT2D eigenvalue weighted by molar-refractivity contribution is 5.80. The van der Waals surface area contributed by atoms with E-state index in [0.717, 1.165) is 6.54 Å². The van der Waals surface area contributed by atoms with E-state index in [1.807, 2.05) is 0 Å². The Labute approximate surface area is 125 Å². The summed E-state index contributed by atoms with van der Waals surface area (Å²) in [6.07, 6.45) is 5.14. The van der Waals surface area contributed by atoms with Crippen LogP contribution in [0.15, 0.2) is 0 Å². The molecule has 0 saturated heterocycles. The molecule has 0 radical (unpaired) electrons. The van der Waals surface area contributed by atoms with E-state index in [-0.39, 0.29) is 25.2 Å². The van der Waals surface area contributed by atoms with Crippen LogP contribution in [0.5, 0.6) is 0 Å². The number of likely N-dealkylation sites (N-methyl/N-ethyl adjacent to an activating group) is 2. The molecule has 0 heterocycles. The van der Waals surface area contributed by atoms with Crippen molar-refractivity contribution in [2.75, 3.05) is 27.2 Å². The van der Waals surface area contributed by atoms with Gasteiger partial charge < -0.3 is 20.0 Å². The Morgan fingerprint density at radius 2 is 1.67 bits per heavy atom. The molecule has 122 valence electrons. The van der Waals surface area contributed by atoms with Crippen LogP contribution in [0.1, 0.15) is 38.5 Å². The van der Waals surface area contributed by atoms with Crippen LogP contribution in [0.25, 0.3) is 0 Å². The van der Waals surface area contributed by atoms with Crippen molar-refractivity contribution in [3.8, 4) is 0 Å². The molecule has 1 saturated carbocycles. The Bertz CT molecular complexity index is 329. The van der Waals surface area contributed by atoms with E-state index in [9.17, 15) is 9.59 Å². The average Bonchev–Trinajstić information content (AvgIpc) is 2.96. The van der Waals surface area contributed by atoms with Crippen LogP contribution in [0.4, 0.5) is 0 Å². The van der Waals surface area contributed by atoms with Crippen molar-refractivity contribution in [1.29, 1.82) is 0 Å². The van der Waals surface area contributed by atoms with Gasteiger partial charge in [0, 0.05) is 32.6 Å². The zero-order valence-corrected chi connectivity index (χ0v) is 12.8. The van der Waals surface area contributed by atoms with Crippen molar-refractivity contribution in [1.82, 2.24) is 9.80 Å². The second kappa shape index (κ2) is 11.1. The van der Waals surface area contributed by atoms with Crippen LogP contribution < -0.4 is 0 Å². The van der Waals surface area contributed by atoms with Gasteiger partial charge in [-0.2, -0.15) is 0 Å². The first-order chi connectivity index (χ1) is 9.92. The van der Waals surface area contributed by atoms with E-state index >= 15 is 0 Å². The largest absolute Gasteiger partial charge is 0.483 e. The fourth-order valence-electron chi connectivity index (χ4n) is 2.36. The van der Waals surface area contributed by atoms with E-state index < -0.39 is 5.97 Å². The van der Waals surface area contributed by atoms with Gasteiger partial charge in [-0.15, -0.1) is 0 Å². The van der Waals surface area contributed by atoms with Gasteiger partial charge in [0.1, 0.15) is 0 Å². The lowest BCUT2D eigenvalue weighted by Crippen LogP contribution is -2.38. The number of amides is 1. The first-order valence-corrected chi connectivity index (χ1v) is 7.16. The van der Waals surface area contributed by atoms with Crippen molar-refractivity contribution in [2.24, 2.45) is 0 Å². The highest BCUT2D eigenvalue weighted by Crippen LogP contribution is 2.21. The predicted octanol–water partition coefficient (Wildman–Crippen LogP) is 0.885. The summed E-state index contributed by atoms with van der Waals surface area (Å²) in [5.41, 5.74) is 0. The molecule has 1 amide bonds.